The number of hydrogen-bond acceptors (Lipinski definition) is 3. The minimum absolute atomic E-state index is 0.0110. The van der Waals surface area contributed by atoms with Crippen LogP contribution in [0.1, 0.15) is 28.8 Å². The summed E-state index contributed by atoms with van der Waals surface area (Å²) in [6.07, 6.45) is 1.76. The largest absolute Gasteiger partial charge is 0.478 e. The molecular weight excluding hydrogens is 259 g/mol. The molecule has 1 aliphatic rings. The van der Waals surface area contributed by atoms with Crippen molar-refractivity contribution in [3.8, 4) is 0 Å². The van der Waals surface area contributed by atoms with Gasteiger partial charge in [-0.05, 0) is 43.4 Å². The Bertz CT molecular complexity index is 603. The topological polar surface area (TPSA) is 71.4 Å². The fraction of sp³-hybridized carbons (Fsp3) is 0.417. The van der Waals surface area contributed by atoms with E-state index < -0.39 is 27.2 Å². The van der Waals surface area contributed by atoms with Gasteiger partial charge in [-0.2, -0.15) is 0 Å². The van der Waals surface area contributed by atoms with E-state index in [0.717, 1.165) is 18.9 Å². The highest BCUT2D eigenvalue weighted by Crippen LogP contribution is 2.32. The zero-order valence-corrected chi connectivity index (χ0v) is 10.6. The van der Waals surface area contributed by atoms with Crippen molar-refractivity contribution in [3.63, 3.8) is 0 Å². The van der Waals surface area contributed by atoms with E-state index in [9.17, 15) is 17.6 Å². The summed E-state index contributed by atoms with van der Waals surface area (Å²) in [7, 11) is -3.52. The third-order valence-electron chi connectivity index (χ3n) is 2.97. The van der Waals surface area contributed by atoms with Gasteiger partial charge in [-0.15, -0.1) is 0 Å². The van der Waals surface area contributed by atoms with E-state index in [4.69, 9.17) is 5.11 Å². The van der Waals surface area contributed by atoms with Crippen molar-refractivity contribution in [1.82, 2.24) is 0 Å². The predicted octanol–water partition coefficient (Wildman–Crippen LogP) is 2.02. The Morgan fingerprint density at radius 2 is 2.06 bits per heavy atom. The number of sulfone groups is 1. The van der Waals surface area contributed by atoms with Crippen LogP contribution in [0.15, 0.2) is 17.0 Å². The van der Waals surface area contributed by atoms with Gasteiger partial charge >= 0.3 is 5.97 Å². The second-order valence-electron chi connectivity index (χ2n) is 4.63. The second-order valence-corrected chi connectivity index (χ2v) is 6.67. The van der Waals surface area contributed by atoms with Crippen LogP contribution in [0.4, 0.5) is 4.39 Å². The molecule has 1 saturated carbocycles. The van der Waals surface area contributed by atoms with Gasteiger partial charge in [0.2, 0.25) is 0 Å². The van der Waals surface area contributed by atoms with Gasteiger partial charge in [0.1, 0.15) is 5.82 Å². The normalized spacial score (nSPS) is 15.7. The standard InChI is InChI=1S/C12H13FO4S/c1-7-4-9(5-10(11(7)13)12(14)15)18(16,17)6-8-2-3-8/h4-5,8H,2-3,6H2,1H3,(H,14,15). The van der Waals surface area contributed by atoms with Crippen molar-refractivity contribution in [2.24, 2.45) is 5.92 Å². The molecule has 0 aromatic heterocycles. The van der Waals surface area contributed by atoms with Crippen LogP contribution in [0.3, 0.4) is 0 Å². The molecule has 0 aliphatic heterocycles. The summed E-state index contributed by atoms with van der Waals surface area (Å²) in [5, 5.41) is 8.84. The Balaban J connectivity index is 2.48. The van der Waals surface area contributed by atoms with Crippen LogP contribution in [0.5, 0.6) is 0 Å². The molecule has 4 nitrogen and oxygen atoms in total. The molecule has 0 bridgehead atoms. The van der Waals surface area contributed by atoms with E-state index in [1.165, 1.54) is 13.0 Å². The molecular formula is C12H13FO4S. The Hall–Kier alpha value is -1.43. The number of carboxylic acid groups (broad SMARTS) is 1. The average molecular weight is 272 g/mol. The summed E-state index contributed by atoms with van der Waals surface area (Å²) in [5.41, 5.74) is -0.561. The highest BCUT2D eigenvalue weighted by molar-refractivity contribution is 7.91. The van der Waals surface area contributed by atoms with Crippen molar-refractivity contribution in [3.05, 3.63) is 29.1 Å². The second kappa shape index (κ2) is 4.35. The fourth-order valence-corrected chi connectivity index (χ4v) is 3.56. The monoisotopic (exact) mass is 272 g/mol. The van der Waals surface area contributed by atoms with Gasteiger partial charge in [-0.3, -0.25) is 0 Å². The van der Waals surface area contributed by atoms with Gasteiger partial charge in [0.05, 0.1) is 16.2 Å². The van der Waals surface area contributed by atoms with E-state index >= 15 is 0 Å². The molecule has 0 amide bonds. The number of aromatic carboxylic acids is 1. The first-order chi connectivity index (χ1) is 8.31. The van der Waals surface area contributed by atoms with E-state index in [1.54, 1.807) is 0 Å². The van der Waals surface area contributed by atoms with E-state index in [2.05, 4.69) is 0 Å². The van der Waals surface area contributed by atoms with Crippen LogP contribution < -0.4 is 0 Å². The lowest BCUT2D eigenvalue weighted by Gasteiger charge is -2.08. The van der Waals surface area contributed by atoms with Crippen molar-refractivity contribution in [1.29, 1.82) is 0 Å². The predicted molar refractivity (Wildman–Crippen MR) is 62.9 cm³/mol. The molecule has 2 rings (SSSR count). The summed E-state index contributed by atoms with van der Waals surface area (Å²) < 4.78 is 37.5. The summed E-state index contributed by atoms with van der Waals surface area (Å²) in [5.74, 6) is -2.17. The summed E-state index contributed by atoms with van der Waals surface area (Å²) in [6, 6.07) is 2.10. The molecule has 0 spiro atoms. The Labute approximate surface area is 104 Å². The minimum atomic E-state index is -3.52. The Morgan fingerprint density at radius 3 is 2.56 bits per heavy atom. The number of aryl methyl sites for hydroxylation is 1. The first-order valence-electron chi connectivity index (χ1n) is 5.57. The molecule has 18 heavy (non-hydrogen) atoms. The Kier molecular flexibility index (Phi) is 3.14. The van der Waals surface area contributed by atoms with Gasteiger partial charge in [-0.1, -0.05) is 0 Å². The maximum Gasteiger partial charge on any atom is 0.338 e. The summed E-state index contributed by atoms with van der Waals surface area (Å²) >= 11 is 0. The van der Waals surface area contributed by atoms with Gasteiger partial charge in [0.25, 0.3) is 0 Å². The number of hydrogen-bond donors (Lipinski definition) is 1. The zero-order valence-electron chi connectivity index (χ0n) is 9.81. The van der Waals surface area contributed by atoms with Crippen molar-refractivity contribution in [2.75, 3.05) is 5.75 Å². The highest BCUT2D eigenvalue weighted by Gasteiger charge is 2.30. The maximum absolute atomic E-state index is 13.5. The minimum Gasteiger partial charge on any atom is -0.478 e. The molecule has 1 aromatic carbocycles. The molecule has 0 radical (unpaired) electrons. The quantitative estimate of drug-likeness (QED) is 0.851. The molecule has 1 fully saturated rings. The van der Waals surface area contributed by atoms with E-state index in [1.807, 2.05) is 0 Å². The molecule has 6 heteroatoms. The zero-order chi connectivity index (χ0) is 13.5. The average Bonchev–Trinajstić information content (AvgIpc) is 3.04. The van der Waals surface area contributed by atoms with Crippen LogP contribution in [0.2, 0.25) is 0 Å². The number of halogens is 1. The molecule has 1 aromatic rings. The number of carbonyl (C=O) groups is 1. The summed E-state index contributed by atoms with van der Waals surface area (Å²) in [4.78, 5) is 10.7. The van der Waals surface area contributed by atoms with Crippen LogP contribution >= 0.6 is 0 Å². The molecule has 0 unspecified atom stereocenters. The Morgan fingerprint density at radius 1 is 1.44 bits per heavy atom. The maximum atomic E-state index is 13.5. The van der Waals surface area contributed by atoms with Gasteiger partial charge in [0, 0.05) is 0 Å². The van der Waals surface area contributed by atoms with Crippen LogP contribution in [0, 0.1) is 18.7 Å². The molecule has 1 N–H and O–H groups in total. The third kappa shape index (κ3) is 2.53. The summed E-state index contributed by atoms with van der Waals surface area (Å²) in [6.45, 7) is 1.36. The van der Waals surface area contributed by atoms with Gasteiger partial charge in [-0.25, -0.2) is 17.6 Å². The lowest BCUT2D eigenvalue weighted by atomic mass is 10.1. The van der Waals surface area contributed by atoms with Crippen LogP contribution in [-0.2, 0) is 9.84 Å². The van der Waals surface area contributed by atoms with Crippen LogP contribution in [0.25, 0.3) is 0 Å². The SMILES string of the molecule is Cc1cc(S(=O)(=O)CC2CC2)cc(C(=O)O)c1F. The smallest absolute Gasteiger partial charge is 0.338 e. The van der Waals surface area contributed by atoms with Crippen molar-refractivity contribution >= 4 is 15.8 Å². The number of benzene rings is 1. The first kappa shape index (κ1) is 13.0. The number of carboxylic acids is 1. The third-order valence-corrected chi connectivity index (χ3v) is 4.83. The lowest BCUT2D eigenvalue weighted by molar-refractivity contribution is 0.0691. The van der Waals surface area contributed by atoms with Crippen LogP contribution in [-0.4, -0.2) is 25.2 Å². The van der Waals surface area contributed by atoms with Gasteiger partial charge < -0.3 is 5.11 Å². The fourth-order valence-electron chi connectivity index (χ4n) is 1.76. The highest BCUT2D eigenvalue weighted by atomic mass is 32.2. The van der Waals surface area contributed by atoms with Gasteiger partial charge in [0.15, 0.2) is 9.84 Å². The molecule has 0 atom stereocenters. The number of rotatable bonds is 4. The molecule has 0 saturated heterocycles. The van der Waals surface area contributed by atoms with Crippen molar-refractivity contribution in [2.45, 2.75) is 24.7 Å². The first-order valence-corrected chi connectivity index (χ1v) is 7.22. The van der Waals surface area contributed by atoms with Crippen molar-refractivity contribution < 1.29 is 22.7 Å². The molecule has 0 heterocycles. The van der Waals surface area contributed by atoms with E-state index in [-0.39, 0.29) is 22.1 Å². The lowest BCUT2D eigenvalue weighted by Crippen LogP contribution is -2.11. The molecule has 98 valence electrons. The van der Waals surface area contributed by atoms with E-state index in [0.29, 0.717) is 0 Å². The molecule has 1 aliphatic carbocycles.